The average molecular weight is 299 g/mol. The van der Waals surface area contributed by atoms with E-state index in [1.807, 2.05) is 0 Å². The van der Waals surface area contributed by atoms with Crippen LogP contribution in [0.2, 0.25) is 0 Å². The number of hydrogen-bond acceptors (Lipinski definition) is 4. The minimum Gasteiger partial charge on any atom is -0.497 e. The quantitative estimate of drug-likeness (QED) is 0.801. The van der Waals surface area contributed by atoms with Crippen LogP contribution in [0.3, 0.4) is 0 Å². The van der Waals surface area contributed by atoms with E-state index < -0.39 is 5.82 Å². The number of methoxy groups -OCH3 is 2. The number of benzene rings is 2. The summed E-state index contributed by atoms with van der Waals surface area (Å²) < 4.78 is 29.8. The van der Waals surface area contributed by atoms with E-state index in [0.717, 1.165) is 5.56 Å². The lowest BCUT2D eigenvalue weighted by molar-refractivity contribution is 0.394. The van der Waals surface area contributed by atoms with Crippen LogP contribution in [0.5, 0.6) is 11.5 Å². The Labute approximate surface area is 126 Å². The highest BCUT2D eigenvalue weighted by molar-refractivity contribution is 5.84. The number of rotatable bonds is 3. The Hall–Kier alpha value is -2.82. The molecule has 1 N–H and O–H groups in total. The molecule has 0 unspecified atom stereocenters. The van der Waals surface area contributed by atoms with Crippen molar-refractivity contribution in [2.75, 3.05) is 14.2 Å². The van der Waals surface area contributed by atoms with Crippen molar-refractivity contribution in [2.45, 2.75) is 0 Å². The fourth-order valence-electron chi connectivity index (χ4n) is 2.30. The molecular weight excluding hydrogens is 285 g/mol. The second-order valence-electron chi connectivity index (χ2n) is 4.78. The first-order chi connectivity index (χ1) is 10.6. The van der Waals surface area contributed by atoms with Gasteiger partial charge in [-0.3, -0.25) is 5.41 Å². The van der Waals surface area contributed by atoms with Crippen molar-refractivity contribution in [3.63, 3.8) is 0 Å². The third-order valence-electron chi connectivity index (χ3n) is 3.38. The van der Waals surface area contributed by atoms with Gasteiger partial charge in [0.1, 0.15) is 11.5 Å². The van der Waals surface area contributed by atoms with E-state index in [2.05, 4.69) is 0 Å². The smallest absolute Gasteiger partial charge is 0.212 e. The molecule has 0 aliphatic heterocycles. The molecule has 4 nitrogen and oxygen atoms in total. The zero-order valence-electron chi connectivity index (χ0n) is 12.1. The van der Waals surface area contributed by atoms with Crippen LogP contribution in [-0.4, -0.2) is 14.2 Å². The molecule has 3 rings (SSSR count). The van der Waals surface area contributed by atoms with Crippen LogP contribution < -0.4 is 15.0 Å². The third-order valence-corrected chi connectivity index (χ3v) is 3.38. The van der Waals surface area contributed by atoms with Crippen LogP contribution in [0.25, 0.3) is 22.1 Å². The zero-order valence-corrected chi connectivity index (χ0v) is 12.1. The maximum atomic E-state index is 14.2. The van der Waals surface area contributed by atoms with Gasteiger partial charge in [-0.1, -0.05) is 0 Å². The molecule has 0 saturated carbocycles. The van der Waals surface area contributed by atoms with Gasteiger partial charge < -0.3 is 13.9 Å². The van der Waals surface area contributed by atoms with Crippen LogP contribution in [-0.2, 0) is 0 Å². The first kappa shape index (κ1) is 14.1. The van der Waals surface area contributed by atoms with Crippen LogP contribution in [0.15, 0.2) is 46.9 Å². The van der Waals surface area contributed by atoms with Gasteiger partial charge in [-0.25, -0.2) is 4.39 Å². The van der Waals surface area contributed by atoms with Crippen molar-refractivity contribution < 1.29 is 18.3 Å². The maximum Gasteiger partial charge on any atom is 0.212 e. The van der Waals surface area contributed by atoms with E-state index in [0.29, 0.717) is 22.4 Å². The lowest BCUT2D eigenvalue weighted by atomic mass is 10.0. The topological polar surface area (TPSA) is 55.5 Å². The summed E-state index contributed by atoms with van der Waals surface area (Å²) in [4.78, 5) is 0. The Bertz CT molecular complexity index is 880. The van der Waals surface area contributed by atoms with Crippen molar-refractivity contribution in [1.82, 2.24) is 0 Å². The highest BCUT2D eigenvalue weighted by atomic mass is 19.1. The van der Waals surface area contributed by atoms with Crippen molar-refractivity contribution in [2.24, 2.45) is 0 Å². The molecule has 2 aromatic carbocycles. The van der Waals surface area contributed by atoms with Crippen molar-refractivity contribution in [3.8, 4) is 22.6 Å². The molecule has 0 atom stereocenters. The van der Waals surface area contributed by atoms with Gasteiger partial charge in [-0.15, -0.1) is 0 Å². The van der Waals surface area contributed by atoms with E-state index in [1.54, 1.807) is 44.6 Å². The molecule has 0 aliphatic rings. The molecule has 1 aromatic heterocycles. The monoisotopic (exact) mass is 299 g/mol. The molecule has 0 amide bonds. The molecule has 0 radical (unpaired) electrons. The summed E-state index contributed by atoms with van der Waals surface area (Å²) in [5, 5.41) is 8.02. The second kappa shape index (κ2) is 5.52. The molecule has 3 aromatic rings. The molecule has 112 valence electrons. The van der Waals surface area contributed by atoms with Gasteiger partial charge in [0.15, 0.2) is 11.4 Å². The normalized spacial score (nSPS) is 10.7. The molecule has 5 heteroatoms. The lowest BCUT2D eigenvalue weighted by Crippen LogP contribution is -1.97. The van der Waals surface area contributed by atoms with E-state index in [-0.39, 0.29) is 11.1 Å². The predicted molar refractivity (Wildman–Crippen MR) is 80.6 cm³/mol. The largest absolute Gasteiger partial charge is 0.497 e. The Morgan fingerprint density at radius 3 is 2.18 bits per heavy atom. The third kappa shape index (κ3) is 2.53. The molecule has 0 spiro atoms. The summed E-state index contributed by atoms with van der Waals surface area (Å²) in [5.41, 5.74) is 1.44. The first-order valence-corrected chi connectivity index (χ1v) is 6.62. The zero-order chi connectivity index (χ0) is 15.7. The molecule has 1 heterocycles. The van der Waals surface area contributed by atoms with Gasteiger partial charge in [0.2, 0.25) is 5.55 Å². The van der Waals surface area contributed by atoms with Gasteiger partial charge in [0, 0.05) is 17.5 Å². The Morgan fingerprint density at radius 1 is 0.909 bits per heavy atom. The maximum absolute atomic E-state index is 14.2. The van der Waals surface area contributed by atoms with Gasteiger partial charge in [-0.2, -0.15) is 0 Å². The van der Waals surface area contributed by atoms with Gasteiger partial charge in [0.05, 0.1) is 14.2 Å². The molecule has 22 heavy (non-hydrogen) atoms. The number of fused-ring (bicyclic) bond motifs is 1. The predicted octanol–water partition coefficient (Wildman–Crippen LogP) is 3.74. The van der Waals surface area contributed by atoms with Crippen LogP contribution in [0.4, 0.5) is 4.39 Å². The number of nitrogens with one attached hydrogen (secondary N) is 1. The van der Waals surface area contributed by atoms with Gasteiger partial charge in [-0.05, 0) is 41.5 Å². The van der Waals surface area contributed by atoms with E-state index >= 15 is 0 Å². The van der Waals surface area contributed by atoms with Crippen molar-refractivity contribution >= 4 is 11.0 Å². The molecule has 0 fully saturated rings. The number of halogens is 1. The minimum absolute atomic E-state index is 0.0751. The Kier molecular flexibility index (Phi) is 3.55. The van der Waals surface area contributed by atoms with Crippen molar-refractivity contribution in [3.05, 3.63) is 53.8 Å². The molecule has 0 bridgehead atoms. The average Bonchev–Trinajstić information content (AvgIpc) is 2.54. The summed E-state index contributed by atoms with van der Waals surface area (Å²) in [6, 6.07) is 11.7. The van der Waals surface area contributed by atoms with Gasteiger partial charge in [0.25, 0.3) is 0 Å². The highest BCUT2D eigenvalue weighted by Crippen LogP contribution is 2.32. The van der Waals surface area contributed by atoms with Gasteiger partial charge >= 0.3 is 0 Å². The first-order valence-electron chi connectivity index (χ1n) is 6.62. The summed E-state index contributed by atoms with van der Waals surface area (Å²) in [5.74, 6) is 0.741. The number of hydrogen-bond donors (Lipinski definition) is 1. The summed E-state index contributed by atoms with van der Waals surface area (Å²) in [6.07, 6.45) is 0. The molecule has 0 aliphatic carbocycles. The van der Waals surface area contributed by atoms with Crippen LogP contribution in [0, 0.1) is 11.2 Å². The second-order valence-corrected chi connectivity index (χ2v) is 4.78. The van der Waals surface area contributed by atoms with E-state index in [9.17, 15) is 4.39 Å². The van der Waals surface area contributed by atoms with Crippen LogP contribution >= 0.6 is 0 Å². The summed E-state index contributed by atoms with van der Waals surface area (Å²) in [6.45, 7) is 0. The lowest BCUT2D eigenvalue weighted by Gasteiger charge is -2.09. The van der Waals surface area contributed by atoms with Crippen LogP contribution in [0.1, 0.15) is 0 Å². The van der Waals surface area contributed by atoms with Crippen molar-refractivity contribution in [1.29, 1.82) is 5.41 Å². The fourth-order valence-corrected chi connectivity index (χ4v) is 2.30. The Morgan fingerprint density at radius 2 is 1.55 bits per heavy atom. The SMILES string of the molecule is COc1cc(OC)cc(-c2cc(F)c3oc(=N)ccc3c2)c1. The fraction of sp³-hybridized carbons (Fsp3) is 0.118. The number of ether oxygens (including phenoxy) is 2. The standard InChI is InChI=1S/C17H14FNO3/c1-20-13-6-12(7-14(9-13)21-2)11-5-10-3-4-16(19)22-17(10)15(18)8-11/h3-9,19H,1-2H3. The van der Waals surface area contributed by atoms with E-state index in [4.69, 9.17) is 19.3 Å². The summed E-state index contributed by atoms with van der Waals surface area (Å²) >= 11 is 0. The minimum atomic E-state index is -0.511. The highest BCUT2D eigenvalue weighted by Gasteiger charge is 2.10. The summed E-state index contributed by atoms with van der Waals surface area (Å²) in [7, 11) is 3.13. The van der Waals surface area contributed by atoms with E-state index in [1.165, 1.54) is 12.1 Å². The molecular formula is C17H14FNO3. The Balaban J connectivity index is 2.22. The molecule has 0 saturated heterocycles.